The maximum atomic E-state index is 13.0. The van der Waals surface area contributed by atoms with E-state index in [1.807, 2.05) is 0 Å². The van der Waals surface area contributed by atoms with E-state index in [2.05, 4.69) is 21.1 Å². The Labute approximate surface area is 119 Å². The molecule has 0 atom stereocenters. The summed E-state index contributed by atoms with van der Waals surface area (Å²) < 4.78 is 44.0. The smallest absolute Gasteiger partial charge is 0.417 e. The maximum absolute atomic E-state index is 13.0. The van der Waals surface area contributed by atoms with Crippen LogP contribution in [0.5, 0.6) is 0 Å². The number of carbonyl (C=O) groups is 1. The minimum atomic E-state index is -4.64. The number of aryl methyl sites for hydroxylation is 1. The molecule has 0 aliphatic heterocycles. The van der Waals surface area contributed by atoms with E-state index in [1.54, 1.807) is 0 Å². The van der Waals surface area contributed by atoms with Gasteiger partial charge in [-0.15, -0.1) is 0 Å². The standard InChI is InChI=1S/C12H7BrF3NO3/c1-5-9(11(18)19)10(17-20-5)7-3-2-6(13)4-8(7)12(14,15)16/h2-4H,1H3,(H,18,19). The summed E-state index contributed by atoms with van der Waals surface area (Å²) in [5, 5.41) is 12.5. The molecular formula is C12H7BrF3NO3. The van der Waals surface area contributed by atoms with Crippen molar-refractivity contribution >= 4 is 21.9 Å². The molecule has 8 heteroatoms. The van der Waals surface area contributed by atoms with E-state index >= 15 is 0 Å². The molecule has 4 nitrogen and oxygen atoms in total. The maximum Gasteiger partial charge on any atom is 0.417 e. The summed E-state index contributed by atoms with van der Waals surface area (Å²) in [5.41, 5.74) is -2.04. The van der Waals surface area contributed by atoms with E-state index < -0.39 is 17.7 Å². The fraction of sp³-hybridized carbons (Fsp3) is 0.167. The Balaban J connectivity index is 2.74. The zero-order valence-corrected chi connectivity index (χ0v) is 11.5. The monoisotopic (exact) mass is 349 g/mol. The Bertz CT molecular complexity index is 679. The molecule has 2 aromatic rings. The van der Waals surface area contributed by atoms with E-state index in [1.165, 1.54) is 13.0 Å². The quantitative estimate of drug-likeness (QED) is 0.885. The van der Waals surface area contributed by atoms with Crippen LogP contribution in [0.2, 0.25) is 0 Å². The second-order valence-electron chi connectivity index (χ2n) is 3.96. The summed E-state index contributed by atoms with van der Waals surface area (Å²) in [6, 6.07) is 3.39. The lowest BCUT2D eigenvalue weighted by Crippen LogP contribution is -2.09. The number of alkyl halides is 3. The highest BCUT2D eigenvalue weighted by molar-refractivity contribution is 9.10. The van der Waals surface area contributed by atoms with Gasteiger partial charge in [0, 0.05) is 10.0 Å². The van der Waals surface area contributed by atoms with E-state index in [4.69, 9.17) is 9.63 Å². The van der Waals surface area contributed by atoms with Gasteiger partial charge in [-0.2, -0.15) is 13.2 Å². The van der Waals surface area contributed by atoms with Gasteiger partial charge in [-0.25, -0.2) is 4.79 Å². The first kappa shape index (κ1) is 14.6. The van der Waals surface area contributed by atoms with Gasteiger partial charge in [-0.05, 0) is 19.1 Å². The van der Waals surface area contributed by atoms with E-state index in [0.717, 1.165) is 12.1 Å². The van der Waals surface area contributed by atoms with Crippen LogP contribution in [0.4, 0.5) is 13.2 Å². The van der Waals surface area contributed by atoms with Crippen molar-refractivity contribution in [3.63, 3.8) is 0 Å². The first-order valence-corrected chi connectivity index (χ1v) is 6.07. The van der Waals surface area contributed by atoms with Crippen molar-refractivity contribution in [1.82, 2.24) is 5.16 Å². The van der Waals surface area contributed by atoms with Gasteiger partial charge in [0.25, 0.3) is 0 Å². The van der Waals surface area contributed by atoms with Crippen LogP contribution in [0, 0.1) is 6.92 Å². The molecule has 0 aliphatic carbocycles. The van der Waals surface area contributed by atoms with E-state index in [9.17, 15) is 18.0 Å². The molecule has 20 heavy (non-hydrogen) atoms. The Hall–Kier alpha value is -1.83. The van der Waals surface area contributed by atoms with Crippen LogP contribution in [-0.4, -0.2) is 16.2 Å². The highest BCUT2D eigenvalue weighted by atomic mass is 79.9. The van der Waals surface area contributed by atoms with Crippen molar-refractivity contribution in [3.05, 3.63) is 39.6 Å². The third-order valence-electron chi connectivity index (χ3n) is 2.62. The van der Waals surface area contributed by atoms with Crippen molar-refractivity contribution < 1.29 is 27.6 Å². The summed E-state index contributed by atoms with van der Waals surface area (Å²) in [4.78, 5) is 11.1. The van der Waals surface area contributed by atoms with Crippen LogP contribution in [0.1, 0.15) is 21.7 Å². The van der Waals surface area contributed by atoms with Crippen molar-refractivity contribution in [2.45, 2.75) is 13.1 Å². The third kappa shape index (κ3) is 2.55. The van der Waals surface area contributed by atoms with Gasteiger partial charge >= 0.3 is 12.1 Å². The highest BCUT2D eigenvalue weighted by Crippen LogP contribution is 2.39. The number of rotatable bonds is 2. The molecule has 1 aromatic carbocycles. The summed E-state index contributed by atoms with van der Waals surface area (Å²) in [6.45, 7) is 1.33. The number of nitrogens with zero attached hydrogens (tertiary/aromatic N) is 1. The molecule has 0 saturated heterocycles. The normalized spacial score (nSPS) is 11.7. The third-order valence-corrected chi connectivity index (χ3v) is 3.11. The minimum Gasteiger partial charge on any atom is -0.477 e. The van der Waals surface area contributed by atoms with E-state index in [-0.39, 0.29) is 27.1 Å². The molecule has 1 N–H and O–H groups in total. The molecule has 1 aromatic heterocycles. The molecular weight excluding hydrogens is 343 g/mol. The molecule has 0 aliphatic rings. The predicted molar refractivity (Wildman–Crippen MR) is 66.3 cm³/mol. The molecule has 106 valence electrons. The summed E-state index contributed by atoms with van der Waals surface area (Å²) in [6.07, 6.45) is -4.64. The molecule has 0 radical (unpaired) electrons. The highest BCUT2D eigenvalue weighted by Gasteiger charge is 2.36. The van der Waals surface area contributed by atoms with Crippen LogP contribution < -0.4 is 0 Å². The van der Waals surface area contributed by atoms with Gasteiger partial charge < -0.3 is 9.63 Å². The molecule has 0 fully saturated rings. The number of carboxylic acids is 1. The van der Waals surface area contributed by atoms with Gasteiger partial charge in [-0.3, -0.25) is 0 Å². The molecule has 0 unspecified atom stereocenters. The fourth-order valence-electron chi connectivity index (χ4n) is 1.77. The minimum absolute atomic E-state index is 0.0523. The Morgan fingerprint density at radius 2 is 2.05 bits per heavy atom. The van der Waals surface area contributed by atoms with Crippen LogP contribution in [-0.2, 0) is 6.18 Å². The Kier molecular flexibility index (Phi) is 3.59. The molecule has 1 heterocycles. The number of hydrogen-bond donors (Lipinski definition) is 1. The molecule has 2 rings (SSSR count). The summed E-state index contributed by atoms with van der Waals surface area (Å²) in [5.74, 6) is -1.45. The number of aromatic carboxylic acids is 1. The van der Waals surface area contributed by atoms with Gasteiger partial charge in [0.05, 0.1) is 5.56 Å². The van der Waals surface area contributed by atoms with Gasteiger partial charge in [0.15, 0.2) is 0 Å². The zero-order valence-electron chi connectivity index (χ0n) is 9.95. The second-order valence-corrected chi connectivity index (χ2v) is 4.87. The molecule has 0 spiro atoms. The average Bonchev–Trinajstić information content (AvgIpc) is 2.70. The largest absolute Gasteiger partial charge is 0.477 e. The van der Waals surface area contributed by atoms with Crippen LogP contribution in [0.25, 0.3) is 11.3 Å². The van der Waals surface area contributed by atoms with Crippen LogP contribution >= 0.6 is 15.9 Å². The first-order valence-electron chi connectivity index (χ1n) is 5.28. The number of benzene rings is 1. The number of hydrogen-bond acceptors (Lipinski definition) is 3. The molecule has 0 amide bonds. The Morgan fingerprint density at radius 3 is 2.60 bits per heavy atom. The zero-order chi connectivity index (χ0) is 15.1. The van der Waals surface area contributed by atoms with Crippen molar-refractivity contribution in [2.24, 2.45) is 0 Å². The summed E-state index contributed by atoms with van der Waals surface area (Å²) in [7, 11) is 0. The second kappa shape index (κ2) is 4.93. The van der Waals surface area contributed by atoms with Gasteiger partial charge in [-0.1, -0.05) is 27.2 Å². The van der Waals surface area contributed by atoms with Gasteiger partial charge in [0.1, 0.15) is 17.0 Å². The number of aromatic nitrogens is 1. The van der Waals surface area contributed by atoms with E-state index in [0.29, 0.717) is 0 Å². The van der Waals surface area contributed by atoms with Crippen molar-refractivity contribution in [1.29, 1.82) is 0 Å². The molecule has 0 bridgehead atoms. The Morgan fingerprint density at radius 1 is 1.40 bits per heavy atom. The van der Waals surface area contributed by atoms with Gasteiger partial charge in [0.2, 0.25) is 0 Å². The number of carboxylic acid groups (broad SMARTS) is 1. The topological polar surface area (TPSA) is 63.3 Å². The fourth-order valence-corrected chi connectivity index (χ4v) is 2.13. The first-order chi connectivity index (χ1) is 9.21. The molecule has 0 saturated carbocycles. The summed E-state index contributed by atoms with van der Waals surface area (Å²) >= 11 is 2.95. The van der Waals surface area contributed by atoms with Crippen LogP contribution in [0.3, 0.4) is 0 Å². The predicted octanol–water partition coefficient (Wildman–Crippen LogP) is 4.13. The van der Waals surface area contributed by atoms with Crippen LogP contribution in [0.15, 0.2) is 27.2 Å². The SMILES string of the molecule is Cc1onc(-c2ccc(Br)cc2C(F)(F)F)c1C(=O)O. The lowest BCUT2D eigenvalue weighted by atomic mass is 10.0. The lowest BCUT2D eigenvalue weighted by molar-refractivity contribution is -0.137. The lowest BCUT2D eigenvalue weighted by Gasteiger charge is -2.12. The van der Waals surface area contributed by atoms with Crippen molar-refractivity contribution in [3.8, 4) is 11.3 Å². The van der Waals surface area contributed by atoms with Crippen molar-refractivity contribution in [2.75, 3.05) is 0 Å². The average molecular weight is 350 g/mol. The number of halogens is 4.